The minimum Gasteiger partial charge on any atom is -0.480 e. The topological polar surface area (TPSA) is 205 Å². The third-order valence-corrected chi connectivity index (χ3v) is 7.23. The number of fused-ring (bicyclic) bond motifs is 2. The van der Waals surface area contributed by atoms with Crippen LogP contribution in [0, 0.1) is 0 Å². The van der Waals surface area contributed by atoms with Gasteiger partial charge in [0.25, 0.3) is 0 Å². The van der Waals surface area contributed by atoms with E-state index in [9.17, 15) is 44.4 Å². The first-order valence-corrected chi connectivity index (χ1v) is 13.6. The second-order valence-corrected chi connectivity index (χ2v) is 10.4. The lowest BCUT2D eigenvalue weighted by molar-refractivity contribution is -0.140. The molecule has 1 aliphatic rings. The Morgan fingerprint density at radius 3 is 1.63 bits per heavy atom. The Morgan fingerprint density at radius 2 is 1.16 bits per heavy atom. The fourth-order valence-electron chi connectivity index (χ4n) is 5.01. The van der Waals surface area contributed by atoms with E-state index in [0.29, 0.717) is 64.6 Å². The number of carbonyl (C=O) groups is 4. The highest BCUT2D eigenvalue weighted by Gasteiger charge is 2.21. The van der Waals surface area contributed by atoms with Crippen molar-refractivity contribution in [2.24, 2.45) is 0 Å². The molecule has 1 aromatic carbocycles. The number of carboxylic acid groups (broad SMARTS) is 4. The van der Waals surface area contributed by atoms with Crippen molar-refractivity contribution in [3.63, 3.8) is 0 Å². The first kappa shape index (κ1) is 31.5. The number of hydrogen-bond acceptors (Lipinski definition) is 11. The first-order valence-electron chi connectivity index (χ1n) is 13.6. The van der Waals surface area contributed by atoms with E-state index in [-0.39, 0.29) is 47.3 Å². The molecule has 15 nitrogen and oxygen atoms in total. The van der Waals surface area contributed by atoms with Crippen LogP contribution >= 0.6 is 0 Å². The number of rotatable bonds is 9. The summed E-state index contributed by atoms with van der Waals surface area (Å²) in [5.74, 6) is -4.21. The van der Waals surface area contributed by atoms with Gasteiger partial charge in [-0.2, -0.15) is 0 Å². The SMILES string of the molecule is O=C(O)CN1CCN(CC(=O)O)CCN(Cc2ccc3c(=O)c4cc(C(=O)O)ccc4oc3n2)CCN(CC(=O)O)CC1. The van der Waals surface area contributed by atoms with E-state index in [1.54, 1.807) is 26.8 Å². The lowest BCUT2D eigenvalue weighted by atomic mass is 10.1. The monoisotopic (exact) mass is 599 g/mol. The molecule has 4 N–H and O–H groups in total. The second kappa shape index (κ2) is 14.2. The summed E-state index contributed by atoms with van der Waals surface area (Å²) in [6.45, 7) is 2.34. The molecule has 0 radical (unpaired) electrons. The summed E-state index contributed by atoms with van der Waals surface area (Å²) in [7, 11) is 0. The normalized spacial score (nSPS) is 16.9. The van der Waals surface area contributed by atoms with Crippen LogP contribution in [0.25, 0.3) is 22.1 Å². The molecule has 0 spiro atoms. The van der Waals surface area contributed by atoms with E-state index < -0.39 is 29.3 Å². The molecule has 0 atom stereocenters. The Kier molecular flexibility index (Phi) is 10.4. The zero-order valence-corrected chi connectivity index (χ0v) is 23.3. The Balaban J connectivity index is 1.58. The average molecular weight is 600 g/mol. The van der Waals surface area contributed by atoms with Gasteiger partial charge in [-0.1, -0.05) is 0 Å². The molecule has 4 rings (SSSR count). The van der Waals surface area contributed by atoms with E-state index in [4.69, 9.17) is 4.42 Å². The summed E-state index contributed by atoms with van der Waals surface area (Å²) in [6, 6.07) is 7.25. The lowest BCUT2D eigenvalue weighted by Gasteiger charge is -2.33. The summed E-state index contributed by atoms with van der Waals surface area (Å²) in [5.41, 5.74) is 0.402. The quantitative estimate of drug-likeness (QED) is 0.239. The maximum atomic E-state index is 13.1. The van der Waals surface area contributed by atoms with Gasteiger partial charge in [0.1, 0.15) is 5.58 Å². The predicted octanol–water partition coefficient (Wildman–Crippen LogP) is 0.0148. The molecule has 1 saturated heterocycles. The smallest absolute Gasteiger partial charge is 0.335 e. The molecule has 0 aliphatic carbocycles. The second-order valence-electron chi connectivity index (χ2n) is 10.4. The van der Waals surface area contributed by atoms with Crippen LogP contribution in [0.15, 0.2) is 39.5 Å². The minimum absolute atomic E-state index is 0.0393. The van der Waals surface area contributed by atoms with Crippen LogP contribution in [0.3, 0.4) is 0 Å². The molecule has 2 aromatic heterocycles. The van der Waals surface area contributed by atoms with Gasteiger partial charge in [-0.15, -0.1) is 0 Å². The number of carboxylic acids is 4. The van der Waals surface area contributed by atoms with Crippen molar-refractivity contribution in [3.05, 3.63) is 51.8 Å². The molecule has 0 saturated carbocycles. The molecular formula is C28H33N5O10. The van der Waals surface area contributed by atoms with E-state index in [1.165, 1.54) is 18.2 Å². The van der Waals surface area contributed by atoms with Crippen molar-refractivity contribution in [1.29, 1.82) is 0 Å². The number of benzene rings is 1. The van der Waals surface area contributed by atoms with E-state index in [0.717, 1.165) is 0 Å². The van der Waals surface area contributed by atoms with Crippen LogP contribution in [0.4, 0.5) is 0 Å². The molecule has 3 aromatic rings. The van der Waals surface area contributed by atoms with E-state index in [1.807, 2.05) is 4.90 Å². The Bertz CT molecular complexity index is 1540. The molecule has 230 valence electrons. The number of nitrogens with zero attached hydrogens (tertiary/aromatic N) is 5. The van der Waals surface area contributed by atoms with Crippen LogP contribution in [0.5, 0.6) is 0 Å². The number of aromatic nitrogens is 1. The van der Waals surface area contributed by atoms with Gasteiger partial charge >= 0.3 is 23.9 Å². The van der Waals surface area contributed by atoms with Gasteiger partial charge in [0.05, 0.1) is 41.7 Å². The van der Waals surface area contributed by atoms with Crippen LogP contribution in [0.2, 0.25) is 0 Å². The van der Waals surface area contributed by atoms with Crippen molar-refractivity contribution in [2.45, 2.75) is 6.54 Å². The summed E-state index contributed by atoms with van der Waals surface area (Å²) in [5, 5.41) is 37.7. The van der Waals surface area contributed by atoms with E-state index >= 15 is 0 Å². The Hall–Kier alpha value is -4.44. The van der Waals surface area contributed by atoms with Crippen LogP contribution in [-0.4, -0.2) is 141 Å². The molecule has 1 fully saturated rings. The molecule has 0 bridgehead atoms. The van der Waals surface area contributed by atoms with Crippen LogP contribution < -0.4 is 5.43 Å². The molecule has 1 aliphatic heterocycles. The summed E-state index contributed by atoms with van der Waals surface area (Å²) in [4.78, 5) is 70.5. The van der Waals surface area contributed by atoms with Crippen LogP contribution in [0.1, 0.15) is 16.1 Å². The van der Waals surface area contributed by atoms with Crippen LogP contribution in [-0.2, 0) is 20.9 Å². The zero-order valence-electron chi connectivity index (χ0n) is 23.3. The fourth-order valence-corrected chi connectivity index (χ4v) is 5.01. The lowest BCUT2D eigenvalue weighted by Crippen LogP contribution is -2.48. The van der Waals surface area contributed by atoms with Crippen molar-refractivity contribution in [1.82, 2.24) is 24.6 Å². The highest BCUT2D eigenvalue weighted by Crippen LogP contribution is 2.19. The number of hydrogen-bond donors (Lipinski definition) is 4. The maximum Gasteiger partial charge on any atom is 0.335 e. The number of aromatic carboxylic acids is 1. The molecule has 0 amide bonds. The van der Waals surface area contributed by atoms with Crippen molar-refractivity contribution >= 4 is 45.9 Å². The molecular weight excluding hydrogens is 566 g/mol. The Morgan fingerprint density at radius 1 is 0.674 bits per heavy atom. The van der Waals surface area contributed by atoms with Crippen molar-refractivity contribution in [3.8, 4) is 0 Å². The summed E-state index contributed by atoms with van der Waals surface area (Å²) in [6.07, 6.45) is 0. The molecule has 15 heteroatoms. The van der Waals surface area contributed by atoms with Gasteiger partial charge in [0.2, 0.25) is 11.1 Å². The average Bonchev–Trinajstić information content (AvgIpc) is 2.93. The predicted molar refractivity (Wildman–Crippen MR) is 152 cm³/mol. The van der Waals surface area contributed by atoms with Gasteiger partial charge in [0.15, 0.2) is 0 Å². The highest BCUT2D eigenvalue weighted by molar-refractivity contribution is 5.95. The van der Waals surface area contributed by atoms with E-state index in [2.05, 4.69) is 4.98 Å². The Labute approximate surface area is 245 Å². The minimum atomic E-state index is -1.16. The maximum absolute atomic E-state index is 13.1. The van der Waals surface area contributed by atoms with Gasteiger partial charge in [-0.05, 0) is 30.3 Å². The van der Waals surface area contributed by atoms with Gasteiger partial charge in [-0.3, -0.25) is 38.8 Å². The highest BCUT2D eigenvalue weighted by atomic mass is 16.4. The molecule has 0 unspecified atom stereocenters. The van der Waals surface area contributed by atoms with Crippen molar-refractivity contribution in [2.75, 3.05) is 72.0 Å². The van der Waals surface area contributed by atoms with Gasteiger partial charge in [0, 0.05) is 58.9 Å². The summed E-state index contributed by atoms with van der Waals surface area (Å²) < 4.78 is 5.85. The van der Waals surface area contributed by atoms with Gasteiger partial charge in [-0.25, -0.2) is 9.78 Å². The number of aliphatic carboxylic acids is 3. The molecule has 43 heavy (non-hydrogen) atoms. The first-order chi connectivity index (χ1) is 20.5. The largest absolute Gasteiger partial charge is 0.480 e. The standard InChI is InChI=1S/C28H33N5O10/c34-23(35)15-31-7-5-30(6-8-32(16-24(36)37)10-12-33(11-9-31)17-25(38)39)14-19-2-3-20-26(40)21-13-18(28(41)42)1-4-22(21)43-27(20)29-19/h1-4,13H,5-12,14-17H2,(H,34,35)(H,36,37)(H,38,39)(H,41,42). The third-order valence-electron chi connectivity index (χ3n) is 7.23. The van der Waals surface area contributed by atoms with Crippen molar-refractivity contribution < 1.29 is 44.0 Å². The van der Waals surface area contributed by atoms with Gasteiger partial charge < -0.3 is 24.8 Å². The zero-order chi connectivity index (χ0) is 31.1. The fraction of sp³-hybridized carbons (Fsp3) is 0.429. The number of pyridine rings is 1. The summed E-state index contributed by atoms with van der Waals surface area (Å²) >= 11 is 0. The molecule has 3 heterocycles. The third kappa shape index (κ3) is 8.78.